The minimum atomic E-state index is -0.117. The summed E-state index contributed by atoms with van der Waals surface area (Å²) in [5.41, 5.74) is 2.63. The van der Waals surface area contributed by atoms with Crippen LogP contribution in [-0.4, -0.2) is 46.3 Å². The van der Waals surface area contributed by atoms with E-state index in [1.165, 1.54) is 11.8 Å². The average Bonchev–Trinajstić information content (AvgIpc) is 2.74. The molecule has 0 aliphatic carbocycles. The predicted octanol–water partition coefficient (Wildman–Crippen LogP) is 3.35. The van der Waals surface area contributed by atoms with E-state index in [0.29, 0.717) is 17.1 Å². The Morgan fingerprint density at radius 2 is 1.74 bits per heavy atom. The van der Waals surface area contributed by atoms with Crippen LogP contribution in [0.15, 0.2) is 54.7 Å². The molecule has 0 unspecified atom stereocenters. The monoisotopic (exact) mass is 368 g/mol. The highest BCUT2D eigenvalue weighted by molar-refractivity contribution is 6.05. The summed E-state index contributed by atoms with van der Waals surface area (Å²) >= 11 is 0. The SMILES string of the molecule is COc1ccc(C(=O)/C=C/Nc2ccc(N3CCOCC3)cc2)cc1OC. The molecule has 2 aromatic rings. The van der Waals surface area contributed by atoms with Gasteiger partial charge in [-0.2, -0.15) is 0 Å². The Morgan fingerprint density at radius 1 is 1.04 bits per heavy atom. The number of methoxy groups -OCH3 is 2. The summed E-state index contributed by atoms with van der Waals surface area (Å²) in [5.74, 6) is 1.01. The first kappa shape index (κ1) is 18.8. The summed E-state index contributed by atoms with van der Waals surface area (Å²) in [6.45, 7) is 3.35. The smallest absolute Gasteiger partial charge is 0.187 e. The van der Waals surface area contributed by atoms with Crippen LogP contribution in [0.2, 0.25) is 0 Å². The number of ether oxygens (including phenoxy) is 3. The molecule has 1 saturated heterocycles. The quantitative estimate of drug-likeness (QED) is 0.597. The van der Waals surface area contributed by atoms with E-state index in [9.17, 15) is 4.79 Å². The molecule has 6 nitrogen and oxygen atoms in total. The molecule has 1 N–H and O–H groups in total. The molecular formula is C21H24N2O4. The number of nitrogens with zero attached hydrogens (tertiary/aromatic N) is 1. The number of anilines is 2. The van der Waals surface area contributed by atoms with E-state index in [1.807, 2.05) is 12.1 Å². The maximum absolute atomic E-state index is 12.3. The van der Waals surface area contributed by atoms with Crippen LogP contribution in [0.3, 0.4) is 0 Å². The molecule has 0 aromatic heterocycles. The van der Waals surface area contributed by atoms with Crippen molar-refractivity contribution < 1.29 is 19.0 Å². The van der Waals surface area contributed by atoms with Crippen molar-refractivity contribution in [3.63, 3.8) is 0 Å². The molecule has 2 aromatic carbocycles. The number of hydrogen-bond acceptors (Lipinski definition) is 6. The Labute approximate surface area is 159 Å². The van der Waals surface area contributed by atoms with Gasteiger partial charge in [-0.15, -0.1) is 0 Å². The van der Waals surface area contributed by atoms with Crippen molar-refractivity contribution in [3.8, 4) is 11.5 Å². The molecule has 1 aliphatic rings. The van der Waals surface area contributed by atoms with Gasteiger partial charge in [-0.3, -0.25) is 4.79 Å². The molecule has 3 rings (SSSR count). The lowest BCUT2D eigenvalue weighted by atomic mass is 10.1. The number of rotatable bonds is 7. The van der Waals surface area contributed by atoms with E-state index in [0.717, 1.165) is 32.0 Å². The van der Waals surface area contributed by atoms with Gasteiger partial charge in [0.25, 0.3) is 0 Å². The maximum Gasteiger partial charge on any atom is 0.187 e. The van der Waals surface area contributed by atoms with Crippen LogP contribution in [-0.2, 0) is 4.74 Å². The summed E-state index contributed by atoms with van der Waals surface area (Å²) in [4.78, 5) is 14.6. The van der Waals surface area contributed by atoms with Crippen LogP contribution in [0, 0.1) is 0 Å². The molecular weight excluding hydrogens is 344 g/mol. The summed E-state index contributed by atoms with van der Waals surface area (Å²) in [7, 11) is 3.11. The van der Waals surface area contributed by atoms with E-state index in [1.54, 1.807) is 38.6 Å². The number of hydrogen-bond donors (Lipinski definition) is 1. The normalized spacial score (nSPS) is 14.2. The zero-order valence-electron chi connectivity index (χ0n) is 15.6. The maximum atomic E-state index is 12.3. The molecule has 1 heterocycles. The molecule has 0 radical (unpaired) electrons. The lowest BCUT2D eigenvalue weighted by Crippen LogP contribution is -2.36. The third-order valence-corrected chi connectivity index (χ3v) is 4.40. The summed E-state index contributed by atoms with van der Waals surface area (Å²) < 4.78 is 15.8. The fourth-order valence-corrected chi connectivity index (χ4v) is 2.89. The van der Waals surface area contributed by atoms with Crippen molar-refractivity contribution >= 4 is 17.2 Å². The minimum Gasteiger partial charge on any atom is -0.493 e. The van der Waals surface area contributed by atoms with Crippen LogP contribution in [0.4, 0.5) is 11.4 Å². The van der Waals surface area contributed by atoms with E-state index in [-0.39, 0.29) is 5.78 Å². The molecule has 0 bridgehead atoms. The highest BCUT2D eigenvalue weighted by atomic mass is 16.5. The first-order valence-electron chi connectivity index (χ1n) is 8.83. The van der Waals surface area contributed by atoms with E-state index in [4.69, 9.17) is 14.2 Å². The molecule has 0 spiro atoms. The van der Waals surface area contributed by atoms with Gasteiger partial charge in [0, 0.05) is 42.3 Å². The fourth-order valence-electron chi connectivity index (χ4n) is 2.89. The zero-order valence-corrected chi connectivity index (χ0v) is 15.6. The van der Waals surface area contributed by atoms with Crippen molar-refractivity contribution in [1.29, 1.82) is 0 Å². The number of ketones is 1. The van der Waals surface area contributed by atoms with Gasteiger partial charge in [0.1, 0.15) is 0 Å². The molecule has 1 aliphatic heterocycles. The third kappa shape index (κ3) is 4.80. The van der Waals surface area contributed by atoms with E-state index in [2.05, 4.69) is 22.3 Å². The van der Waals surface area contributed by atoms with Crippen molar-refractivity contribution in [2.75, 3.05) is 50.7 Å². The average molecular weight is 368 g/mol. The second-order valence-electron chi connectivity index (χ2n) is 6.06. The molecule has 27 heavy (non-hydrogen) atoms. The Hall–Kier alpha value is -2.99. The van der Waals surface area contributed by atoms with Crippen LogP contribution < -0.4 is 19.7 Å². The standard InChI is InChI=1S/C21H24N2O4/c1-25-20-8-3-16(15-21(20)26-2)19(24)9-10-22-17-4-6-18(7-5-17)23-11-13-27-14-12-23/h3-10,15,22H,11-14H2,1-2H3/b10-9+. The molecule has 0 saturated carbocycles. The van der Waals surface area contributed by atoms with Crippen molar-refractivity contribution in [3.05, 3.63) is 60.3 Å². The fraction of sp³-hybridized carbons (Fsp3) is 0.286. The van der Waals surface area contributed by atoms with Gasteiger partial charge in [0.05, 0.1) is 27.4 Å². The van der Waals surface area contributed by atoms with Gasteiger partial charge in [0.15, 0.2) is 17.3 Å². The predicted molar refractivity (Wildman–Crippen MR) is 106 cm³/mol. The van der Waals surface area contributed by atoms with Gasteiger partial charge >= 0.3 is 0 Å². The van der Waals surface area contributed by atoms with Gasteiger partial charge in [-0.25, -0.2) is 0 Å². The molecule has 0 atom stereocenters. The van der Waals surface area contributed by atoms with Gasteiger partial charge in [-0.1, -0.05) is 0 Å². The van der Waals surface area contributed by atoms with Crippen molar-refractivity contribution in [2.45, 2.75) is 0 Å². The number of allylic oxidation sites excluding steroid dienone is 1. The molecule has 1 fully saturated rings. The number of nitrogens with one attached hydrogen (secondary N) is 1. The number of benzene rings is 2. The highest BCUT2D eigenvalue weighted by Crippen LogP contribution is 2.27. The van der Waals surface area contributed by atoms with Crippen LogP contribution >= 0.6 is 0 Å². The second-order valence-corrected chi connectivity index (χ2v) is 6.06. The topological polar surface area (TPSA) is 60.0 Å². The Bertz CT molecular complexity index is 796. The summed E-state index contributed by atoms with van der Waals surface area (Å²) in [6, 6.07) is 13.2. The zero-order chi connectivity index (χ0) is 19.1. The summed E-state index contributed by atoms with van der Waals surface area (Å²) in [5, 5.41) is 3.13. The highest BCUT2D eigenvalue weighted by Gasteiger charge is 2.11. The van der Waals surface area contributed by atoms with Crippen LogP contribution in [0.1, 0.15) is 10.4 Å². The summed E-state index contributed by atoms with van der Waals surface area (Å²) in [6.07, 6.45) is 3.14. The van der Waals surface area contributed by atoms with Crippen molar-refractivity contribution in [2.24, 2.45) is 0 Å². The molecule has 6 heteroatoms. The lowest BCUT2D eigenvalue weighted by molar-refractivity contribution is 0.104. The van der Waals surface area contributed by atoms with Crippen LogP contribution in [0.25, 0.3) is 0 Å². The van der Waals surface area contributed by atoms with Crippen molar-refractivity contribution in [1.82, 2.24) is 0 Å². The van der Waals surface area contributed by atoms with Gasteiger partial charge in [0.2, 0.25) is 0 Å². The number of morpholine rings is 1. The Balaban J connectivity index is 1.59. The molecule has 142 valence electrons. The van der Waals surface area contributed by atoms with Crippen LogP contribution in [0.5, 0.6) is 11.5 Å². The Kier molecular flexibility index (Phi) is 6.33. The largest absolute Gasteiger partial charge is 0.493 e. The first-order valence-corrected chi connectivity index (χ1v) is 8.83. The number of carbonyl (C=O) groups excluding carboxylic acids is 1. The van der Waals surface area contributed by atoms with E-state index >= 15 is 0 Å². The second kappa shape index (κ2) is 9.09. The minimum absolute atomic E-state index is 0.117. The van der Waals surface area contributed by atoms with E-state index < -0.39 is 0 Å². The Morgan fingerprint density at radius 3 is 2.41 bits per heavy atom. The third-order valence-electron chi connectivity index (χ3n) is 4.40. The van der Waals surface area contributed by atoms with Gasteiger partial charge in [-0.05, 0) is 42.5 Å². The lowest BCUT2D eigenvalue weighted by Gasteiger charge is -2.28. The number of carbonyl (C=O) groups is 1. The first-order chi connectivity index (χ1) is 13.2. The van der Waals surface area contributed by atoms with Gasteiger partial charge < -0.3 is 24.4 Å². The molecule has 0 amide bonds.